The van der Waals surface area contributed by atoms with Gasteiger partial charge in [0.05, 0.1) is 26.2 Å². The van der Waals surface area contributed by atoms with Gasteiger partial charge in [-0.25, -0.2) is 8.42 Å². The molecule has 8 nitrogen and oxygen atoms in total. The number of sulfonamides is 1. The molecule has 1 heterocycles. The molecule has 0 bridgehead atoms. The average molecular weight is 455 g/mol. The Morgan fingerprint density at radius 3 is 2.22 bits per heavy atom. The van der Waals surface area contributed by atoms with Gasteiger partial charge in [-0.3, -0.25) is 4.72 Å². The van der Waals surface area contributed by atoms with Crippen molar-refractivity contribution in [2.45, 2.75) is 11.8 Å². The van der Waals surface area contributed by atoms with Crippen LogP contribution in [0.25, 0.3) is 22.0 Å². The van der Waals surface area contributed by atoms with Gasteiger partial charge >= 0.3 is 0 Å². The lowest BCUT2D eigenvalue weighted by Crippen LogP contribution is -2.14. The van der Waals surface area contributed by atoms with Crippen molar-refractivity contribution in [1.29, 1.82) is 0 Å². The Morgan fingerprint density at radius 2 is 1.56 bits per heavy atom. The minimum Gasteiger partial charge on any atom is -0.493 e. The zero-order chi connectivity index (χ0) is 22.9. The second kappa shape index (κ2) is 8.43. The minimum atomic E-state index is -3.94. The molecule has 32 heavy (non-hydrogen) atoms. The highest BCUT2D eigenvalue weighted by Crippen LogP contribution is 2.43. The lowest BCUT2D eigenvalue weighted by Gasteiger charge is -2.14. The van der Waals surface area contributed by atoms with Gasteiger partial charge in [0, 0.05) is 10.9 Å². The molecule has 0 aliphatic heterocycles. The molecular formula is C23H22N2O6S. The molecule has 0 aliphatic rings. The molecular weight excluding hydrogens is 432 g/mol. The second-order valence-electron chi connectivity index (χ2n) is 6.96. The first-order chi connectivity index (χ1) is 15.4. The molecule has 3 aromatic carbocycles. The van der Waals surface area contributed by atoms with E-state index in [0.717, 1.165) is 5.39 Å². The van der Waals surface area contributed by atoms with Gasteiger partial charge < -0.3 is 18.7 Å². The van der Waals surface area contributed by atoms with Crippen molar-refractivity contribution in [3.63, 3.8) is 0 Å². The Balaban J connectivity index is 1.82. The Labute approximate surface area is 185 Å². The number of ether oxygens (including phenoxy) is 3. The molecule has 4 rings (SSSR count). The first-order valence-electron chi connectivity index (χ1n) is 9.67. The fraction of sp³-hybridized carbons (Fsp3) is 0.174. The van der Waals surface area contributed by atoms with Crippen molar-refractivity contribution in [2.75, 3.05) is 26.1 Å². The zero-order valence-corrected chi connectivity index (χ0v) is 18.8. The van der Waals surface area contributed by atoms with Gasteiger partial charge in [-0.1, -0.05) is 41.6 Å². The summed E-state index contributed by atoms with van der Waals surface area (Å²) in [6.07, 6.45) is 0. The SMILES string of the molecule is COc1cc(-c2noc(C)c2NS(=O)(=O)c2cccc3ccccc23)cc(OC)c1OC. The minimum absolute atomic E-state index is 0.159. The third-order valence-electron chi connectivity index (χ3n) is 5.08. The molecule has 0 spiro atoms. The van der Waals surface area contributed by atoms with Crippen LogP contribution >= 0.6 is 0 Å². The van der Waals surface area contributed by atoms with E-state index in [4.69, 9.17) is 18.7 Å². The third-order valence-corrected chi connectivity index (χ3v) is 6.48. The van der Waals surface area contributed by atoms with Crippen molar-refractivity contribution in [3.8, 4) is 28.5 Å². The summed E-state index contributed by atoms with van der Waals surface area (Å²) in [5.41, 5.74) is 1.06. The fourth-order valence-electron chi connectivity index (χ4n) is 3.53. The van der Waals surface area contributed by atoms with Gasteiger partial charge in [-0.15, -0.1) is 0 Å². The monoisotopic (exact) mass is 454 g/mol. The molecule has 166 valence electrons. The smallest absolute Gasteiger partial charge is 0.262 e. The van der Waals surface area contributed by atoms with E-state index in [-0.39, 0.29) is 10.6 Å². The summed E-state index contributed by atoms with van der Waals surface area (Å²) in [5, 5.41) is 5.52. The number of fused-ring (bicyclic) bond motifs is 1. The summed E-state index contributed by atoms with van der Waals surface area (Å²) in [4.78, 5) is 0.159. The summed E-state index contributed by atoms with van der Waals surface area (Å²) in [6.45, 7) is 1.63. The highest BCUT2D eigenvalue weighted by Gasteiger charge is 2.25. The van der Waals surface area contributed by atoms with E-state index < -0.39 is 10.0 Å². The van der Waals surface area contributed by atoms with E-state index in [9.17, 15) is 8.42 Å². The maximum atomic E-state index is 13.3. The Bertz CT molecular complexity index is 1360. The van der Waals surface area contributed by atoms with Gasteiger partial charge in [-0.2, -0.15) is 0 Å². The summed E-state index contributed by atoms with van der Waals surface area (Å²) < 4.78 is 50.8. The van der Waals surface area contributed by atoms with Gasteiger partial charge in [0.2, 0.25) is 5.75 Å². The van der Waals surface area contributed by atoms with Gasteiger partial charge in [0.25, 0.3) is 10.0 Å². The van der Waals surface area contributed by atoms with Crippen LogP contribution in [0, 0.1) is 6.92 Å². The number of hydrogen-bond donors (Lipinski definition) is 1. The lowest BCUT2D eigenvalue weighted by atomic mass is 10.1. The van der Waals surface area contributed by atoms with Crippen molar-refractivity contribution < 1.29 is 27.2 Å². The van der Waals surface area contributed by atoms with Crippen LogP contribution in [-0.2, 0) is 10.0 Å². The normalized spacial score (nSPS) is 11.4. The van der Waals surface area contributed by atoms with E-state index in [0.29, 0.717) is 39.7 Å². The molecule has 0 unspecified atom stereocenters. The summed E-state index contributed by atoms with van der Waals surface area (Å²) in [6, 6.07) is 15.8. The van der Waals surface area contributed by atoms with Crippen molar-refractivity contribution >= 4 is 26.5 Å². The molecule has 0 atom stereocenters. The molecule has 1 aromatic heterocycles. The van der Waals surface area contributed by atoms with Crippen molar-refractivity contribution in [2.24, 2.45) is 0 Å². The number of hydrogen-bond acceptors (Lipinski definition) is 7. The summed E-state index contributed by atoms with van der Waals surface area (Å²) in [7, 11) is 0.558. The van der Waals surface area contributed by atoms with Crippen LogP contribution in [0.15, 0.2) is 64.0 Å². The van der Waals surface area contributed by atoms with E-state index in [1.165, 1.54) is 21.3 Å². The quantitative estimate of drug-likeness (QED) is 0.435. The lowest BCUT2D eigenvalue weighted by molar-refractivity contribution is 0.324. The molecule has 0 saturated carbocycles. The molecule has 1 N–H and O–H groups in total. The highest BCUT2D eigenvalue weighted by molar-refractivity contribution is 7.93. The van der Waals surface area contributed by atoms with Crippen LogP contribution < -0.4 is 18.9 Å². The maximum Gasteiger partial charge on any atom is 0.262 e. The molecule has 0 aliphatic carbocycles. The molecule has 4 aromatic rings. The predicted molar refractivity (Wildman–Crippen MR) is 121 cm³/mol. The van der Waals surface area contributed by atoms with Crippen molar-refractivity contribution in [1.82, 2.24) is 5.16 Å². The highest BCUT2D eigenvalue weighted by atomic mass is 32.2. The van der Waals surface area contributed by atoms with Gasteiger partial charge in [0.1, 0.15) is 11.4 Å². The third kappa shape index (κ3) is 3.71. The number of anilines is 1. The molecule has 0 saturated heterocycles. The first kappa shape index (κ1) is 21.5. The standard InChI is InChI=1S/C23H22N2O6S/c1-14-21(25-32(26,27)20-11-7-9-15-8-5-6-10-17(15)20)22(24-31-14)16-12-18(28-2)23(30-4)19(13-16)29-3/h5-13,25H,1-4H3. The summed E-state index contributed by atoms with van der Waals surface area (Å²) >= 11 is 0. The zero-order valence-electron chi connectivity index (χ0n) is 18.0. The number of nitrogens with zero attached hydrogens (tertiary/aromatic N) is 1. The van der Waals surface area contributed by atoms with Gasteiger partial charge in [0.15, 0.2) is 17.3 Å². The molecule has 0 radical (unpaired) electrons. The topological polar surface area (TPSA) is 99.9 Å². The maximum absolute atomic E-state index is 13.3. The molecule has 9 heteroatoms. The second-order valence-corrected chi connectivity index (χ2v) is 8.61. The van der Waals surface area contributed by atoms with Crippen LogP contribution in [0.1, 0.15) is 5.76 Å². The van der Waals surface area contributed by atoms with Gasteiger partial charge in [-0.05, 0) is 30.5 Å². The number of aryl methyl sites for hydroxylation is 1. The van der Waals surface area contributed by atoms with Crippen LogP contribution in [0.4, 0.5) is 5.69 Å². The van der Waals surface area contributed by atoms with E-state index in [1.807, 2.05) is 18.2 Å². The number of rotatable bonds is 7. The molecule has 0 fully saturated rings. The molecule has 0 amide bonds. The Hall–Kier alpha value is -3.72. The number of nitrogens with one attached hydrogen (secondary N) is 1. The number of benzene rings is 3. The van der Waals surface area contributed by atoms with Crippen LogP contribution in [0.3, 0.4) is 0 Å². The summed E-state index contributed by atoms with van der Waals surface area (Å²) in [5.74, 6) is 1.55. The van der Waals surface area contributed by atoms with Crippen LogP contribution in [0.5, 0.6) is 17.2 Å². The first-order valence-corrected chi connectivity index (χ1v) is 11.1. The number of methoxy groups -OCH3 is 3. The fourth-order valence-corrected chi connectivity index (χ4v) is 4.88. The predicted octanol–water partition coefficient (Wildman–Crippen LogP) is 4.63. The van der Waals surface area contributed by atoms with E-state index in [1.54, 1.807) is 43.3 Å². The van der Waals surface area contributed by atoms with Crippen LogP contribution in [0.2, 0.25) is 0 Å². The van der Waals surface area contributed by atoms with Crippen molar-refractivity contribution in [3.05, 3.63) is 60.4 Å². The van der Waals surface area contributed by atoms with Crippen LogP contribution in [-0.4, -0.2) is 34.9 Å². The Morgan fingerprint density at radius 1 is 0.906 bits per heavy atom. The number of aromatic nitrogens is 1. The largest absolute Gasteiger partial charge is 0.493 e. The van der Waals surface area contributed by atoms with E-state index >= 15 is 0 Å². The average Bonchev–Trinajstić information content (AvgIpc) is 3.16. The Kier molecular flexibility index (Phi) is 5.67. The van der Waals surface area contributed by atoms with E-state index in [2.05, 4.69) is 9.88 Å².